The minimum absolute atomic E-state index is 0.0135. The Hall–Kier alpha value is -3.79. The van der Waals surface area contributed by atoms with Crippen molar-refractivity contribution in [3.05, 3.63) is 59.2 Å². The van der Waals surface area contributed by atoms with E-state index in [1.165, 1.54) is 0 Å². The molecule has 1 N–H and O–H groups in total. The van der Waals surface area contributed by atoms with Gasteiger partial charge in [-0.3, -0.25) is 9.59 Å². The molecular weight excluding hydrogens is 598 g/mol. The third kappa shape index (κ3) is 10.9. The van der Waals surface area contributed by atoms with Gasteiger partial charge >= 0.3 is 6.09 Å². The minimum atomic E-state index is -0.639. The summed E-state index contributed by atoms with van der Waals surface area (Å²) >= 11 is 0. The van der Waals surface area contributed by atoms with Crippen molar-refractivity contribution in [1.82, 2.24) is 15.1 Å². The van der Waals surface area contributed by atoms with E-state index in [1.807, 2.05) is 83.7 Å². The second kappa shape index (κ2) is 17.4. The van der Waals surface area contributed by atoms with Crippen molar-refractivity contribution in [1.29, 1.82) is 0 Å². The van der Waals surface area contributed by atoms with Gasteiger partial charge in [-0.1, -0.05) is 44.2 Å². The molecule has 1 aliphatic rings. The van der Waals surface area contributed by atoms with Crippen LogP contribution in [0.2, 0.25) is 0 Å². The van der Waals surface area contributed by atoms with Crippen LogP contribution in [0.1, 0.15) is 82.3 Å². The average Bonchev–Trinajstić information content (AvgIpc) is 3.42. The minimum Gasteiger partial charge on any atom is -0.493 e. The molecule has 0 bridgehead atoms. The lowest BCUT2D eigenvalue weighted by Crippen LogP contribution is -2.44. The SMILES string of the molecule is COCCCOc1c(OC)ccc(C(=O)NC[C@H]2CN(C(=O)OC(C)(C)C)C[C@H]2CN(C(=O)Cc2ccccc2)C(C)C)c1C(C)C. The summed E-state index contributed by atoms with van der Waals surface area (Å²) in [5.74, 6) is 0.759. The van der Waals surface area contributed by atoms with Gasteiger partial charge in [0.05, 0.1) is 20.1 Å². The summed E-state index contributed by atoms with van der Waals surface area (Å²) in [4.78, 5) is 44.1. The number of benzene rings is 2. The molecule has 0 radical (unpaired) electrons. The van der Waals surface area contributed by atoms with E-state index in [4.69, 9.17) is 18.9 Å². The Morgan fingerprint density at radius 1 is 0.957 bits per heavy atom. The number of likely N-dealkylation sites (tertiary alicyclic amines) is 1. The maximum Gasteiger partial charge on any atom is 0.410 e. The molecule has 0 spiro atoms. The van der Waals surface area contributed by atoms with Crippen LogP contribution in [0.25, 0.3) is 0 Å². The van der Waals surface area contributed by atoms with Crippen molar-refractivity contribution >= 4 is 17.9 Å². The summed E-state index contributed by atoms with van der Waals surface area (Å²) in [6.45, 7) is 16.2. The van der Waals surface area contributed by atoms with Crippen LogP contribution >= 0.6 is 0 Å². The summed E-state index contributed by atoms with van der Waals surface area (Å²) in [5.41, 5.74) is 1.61. The highest BCUT2D eigenvalue weighted by Crippen LogP contribution is 2.38. The normalized spacial score (nSPS) is 16.4. The van der Waals surface area contributed by atoms with Gasteiger partial charge in [-0.2, -0.15) is 0 Å². The van der Waals surface area contributed by atoms with Crippen LogP contribution in [0.15, 0.2) is 42.5 Å². The second-order valence-electron chi connectivity index (χ2n) is 13.8. The van der Waals surface area contributed by atoms with Gasteiger partial charge in [-0.15, -0.1) is 0 Å². The molecule has 2 atom stereocenters. The molecule has 47 heavy (non-hydrogen) atoms. The smallest absolute Gasteiger partial charge is 0.410 e. The lowest BCUT2D eigenvalue weighted by Gasteiger charge is -2.31. The number of carbonyl (C=O) groups is 3. The lowest BCUT2D eigenvalue weighted by atomic mass is 9.93. The van der Waals surface area contributed by atoms with E-state index in [0.29, 0.717) is 69.3 Å². The Bertz CT molecular complexity index is 1320. The standard InChI is InChI=1S/C37H55N3O7/c1-25(2)33-30(16-17-31(45-9)34(33)46-19-13-18-44-8)35(42)38-21-28-22-39(36(43)47-37(5,6)7)23-29(28)24-40(26(3)4)32(41)20-27-14-11-10-12-15-27/h10-12,14-17,25-26,28-29H,13,18-24H2,1-9H3,(H,38,42)/t28-,29-/m0/s1. The maximum atomic E-state index is 13.8. The van der Waals surface area contributed by atoms with Crippen molar-refractivity contribution < 1.29 is 33.3 Å². The molecule has 1 aliphatic heterocycles. The molecular formula is C37H55N3O7. The molecule has 2 aromatic rings. The predicted molar refractivity (Wildman–Crippen MR) is 183 cm³/mol. The Morgan fingerprint density at radius 2 is 1.64 bits per heavy atom. The van der Waals surface area contributed by atoms with Crippen LogP contribution in [0.4, 0.5) is 4.79 Å². The number of amides is 3. The number of hydrogen-bond acceptors (Lipinski definition) is 7. The van der Waals surface area contributed by atoms with Gasteiger partial charge in [-0.25, -0.2) is 4.79 Å². The zero-order valence-electron chi connectivity index (χ0n) is 29.8. The van der Waals surface area contributed by atoms with Crippen molar-refractivity contribution in [2.24, 2.45) is 11.8 Å². The van der Waals surface area contributed by atoms with Crippen LogP contribution in [0.3, 0.4) is 0 Å². The number of methoxy groups -OCH3 is 2. The van der Waals surface area contributed by atoms with E-state index in [2.05, 4.69) is 5.32 Å². The molecule has 0 aromatic heterocycles. The van der Waals surface area contributed by atoms with Gasteiger partial charge in [0, 0.05) is 75.3 Å². The molecule has 0 saturated carbocycles. The molecule has 260 valence electrons. The van der Waals surface area contributed by atoms with Gasteiger partial charge < -0.3 is 34.1 Å². The van der Waals surface area contributed by atoms with E-state index < -0.39 is 11.7 Å². The molecule has 0 unspecified atom stereocenters. The zero-order chi connectivity index (χ0) is 34.7. The van der Waals surface area contributed by atoms with Crippen molar-refractivity contribution in [2.75, 3.05) is 53.6 Å². The van der Waals surface area contributed by atoms with Gasteiger partial charge in [0.1, 0.15) is 5.60 Å². The fourth-order valence-corrected chi connectivity index (χ4v) is 5.93. The highest BCUT2D eigenvalue weighted by atomic mass is 16.6. The third-order valence-corrected chi connectivity index (χ3v) is 8.27. The molecule has 1 heterocycles. The number of nitrogens with one attached hydrogen (secondary N) is 1. The van der Waals surface area contributed by atoms with Crippen molar-refractivity contribution in [2.45, 2.75) is 78.9 Å². The van der Waals surface area contributed by atoms with Gasteiger partial charge in [0.2, 0.25) is 5.91 Å². The van der Waals surface area contributed by atoms with E-state index >= 15 is 0 Å². The summed E-state index contributed by atoms with van der Waals surface area (Å²) in [5, 5.41) is 3.15. The number of hydrogen-bond donors (Lipinski definition) is 1. The van der Waals surface area contributed by atoms with Gasteiger partial charge in [-0.05, 0) is 58.2 Å². The monoisotopic (exact) mass is 653 g/mol. The van der Waals surface area contributed by atoms with Gasteiger partial charge in [0.25, 0.3) is 5.91 Å². The molecule has 10 nitrogen and oxygen atoms in total. The fourth-order valence-electron chi connectivity index (χ4n) is 5.93. The quantitative estimate of drug-likeness (QED) is 0.238. The first kappa shape index (κ1) is 37.7. The van der Waals surface area contributed by atoms with Crippen LogP contribution < -0.4 is 14.8 Å². The molecule has 0 aliphatic carbocycles. The average molecular weight is 654 g/mol. The molecule has 10 heteroatoms. The van der Waals surface area contributed by atoms with Crippen LogP contribution in [-0.2, 0) is 20.7 Å². The summed E-state index contributed by atoms with van der Waals surface area (Å²) < 4.78 is 22.6. The Labute approximate surface area is 281 Å². The van der Waals surface area contributed by atoms with E-state index in [9.17, 15) is 14.4 Å². The molecule has 1 fully saturated rings. The molecule has 3 rings (SSSR count). The summed E-state index contributed by atoms with van der Waals surface area (Å²) in [6, 6.07) is 13.2. The number of nitrogens with zero attached hydrogens (tertiary/aromatic N) is 2. The first-order valence-electron chi connectivity index (χ1n) is 16.7. The van der Waals surface area contributed by atoms with Gasteiger partial charge in [0.15, 0.2) is 11.5 Å². The highest BCUT2D eigenvalue weighted by molar-refractivity contribution is 5.97. The second-order valence-corrected chi connectivity index (χ2v) is 13.8. The summed E-state index contributed by atoms with van der Waals surface area (Å²) in [6.07, 6.45) is 0.607. The van der Waals surface area contributed by atoms with E-state index in [0.717, 1.165) is 11.1 Å². The Balaban J connectivity index is 1.83. The van der Waals surface area contributed by atoms with E-state index in [1.54, 1.807) is 31.3 Å². The van der Waals surface area contributed by atoms with Crippen LogP contribution in [0.5, 0.6) is 11.5 Å². The first-order valence-corrected chi connectivity index (χ1v) is 16.7. The first-order chi connectivity index (χ1) is 22.2. The molecule has 3 amide bonds. The van der Waals surface area contributed by atoms with Crippen molar-refractivity contribution in [3.8, 4) is 11.5 Å². The highest BCUT2D eigenvalue weighted by Gasteiger charge is 2.39. The molecule has 2 aromatic carbocycles. The summed E-state index contributed by atoms with van der Waals surface area (Å²) in [7, 11) is 3.23. The number of rotatable bonds is 15. The third-order valence-electron chi connectivity index (χ3n) is 8.27. The van der Waals surface area contributed by atoms with Crippen molar-refractivity contribution in [3.63, 3.8) is 0 Å². The number of ether oxygens (including phenoxy) is 4. The van der Waals surface area contributed by atoms with Crippen LogP contribution in [-0.4, -0.2) is 93.0 Å². The topological polar surface area (TPSA) is 107 Å². The van der Waals surface area contributed by atoms with E-state index in [-0.39, 0.29) is 35.6 Å². The zero-order valence-corrected chi connectivity index (χ0v) is 29.8. The molecule has 1 saturated heterocycles. The fraction of sp³-hybridized carbons (Fsp3) is 0.595. The Kier molecular flexibility index (Phi) is 13.9. The predicted octanol–water partition coefficient (Wildman–Crippen LogP) is 5.93. The number of carbonyl (C=O) groups excluding carboxylic acids is 3. The Morgan fingerprint density at radius 3 is 2.23 bits per heavy atom. The largest absolute Gasteiger partial charge is 0.493 e. The lowest BCUT2D eigenvalue weighted by molar-refractivity contribution is -0.133. The van der Waals surface area contributed by atoms with Crippen LogP contribution in [0, 0.1) is 11.8 Å². The maximum absolute atomic E-state index is 13.8.